The molecule has 0 aliphatic carbocycles. The maximum Gasteiger partial charge on any atom is 0.251 e. The van der Waals surface area contributed by atoms with E-state index in [4.69, 9.17) is 0 Å². The van der Waals surface area contributed by atoms with E-state index in [0.29, 0.717) is 11.1 Å². The Bertz CT molecular complexity index is 895. The Morgan fingerprint density at radius 1 is 1.08 bits per heavy atom. The fourth-order valence-electron chi connectivity index (χ4n) is 2.52. The molecule has 1 aromatic heterocycles. The normalized spacial score (nSPS) is 10.7. The monoisotopic (exact) mass is 333 g/mol. The van der Waals surface area contributed by atoms with Crippen LogP contribution in [-0.2, 0) is 0 Å². The summed E-state index contributed by atoms with van der Waals surface area (Å²) in [6.07, 6.45) is 0.815. The maximum absolute atomic E-state index is 12.2. The highest BCUT2D eigenvalue weighted by Gasteiger charge is 2.10. The van der Waals surface area contributed by atoms with Gasteiger partial charge in [0.05, 0.1) is 11.4 Å². The molecule has 3 aromatic rings. The van der Waals surface area contributed by atoms with Crippen molar-refractivity contribution in [1.82, 2.24) is 15.5 Å². The van der Waals surface area contributed by atoms with E-state index in [0.717, 1.165) is 28.8 Å². The first kappa shape index (κ1) is 16.6. The van der Waals surface area contributed by atoms with Gasteiger partial charge in [-0.3, -0.25) is 14.7 Å². The second-order valence-corrected chi connectivity index (χ2v) is 6.12. The molecule has 0 aliphatic heterocycles. The van der Waals surface area contributed by atoms with Crippen molar-refractivity contribution in [3.8, 4) is 22.5 Å². The summed E-state index contributed by atoms with van der Waals surface area (Å²) in [6.45, 7) is 3.86. The second-order valence-electron chi connectivity index (χ2n) is 6.12. The Hall–Kier alpha value is -3.21. The summed E-state index contributed by atoms with van der Waals surface area (Å²) >= 11 is 0. The summed E-state index contributed by atoms with van der Waals surface area (Å²) in [5, 5.41) is 10.2. The molecule has 0 saturated heterocycles. The smallest absolute Gasteiger partial charge is 0.251 e. The molecule has 0 spiro atoms. The van der Waals surface area contributed by atoms with Crippen LogP contribution in [0.4, 0.5) is 0 Å². The van der Waals surface area contributed by atoms with E-state index in [1.165, 1.54) is 0 Å². The van der Waals surface area contributed by atoms with Gasteiger partial charge in [0.25, 0.3) is 5.91 Å². The average Bonchev–Trinajstić information content (AvgIpc) is 3.11. The third-order valence-electron chi connectivity index (χ3n) is 3.78. The lowest BCUT2D eigenvalue weighted by Crippen LogP contribution is -2.30. The van der Waals surface area contributed by atoms with Gasteiger partial charge in [-0.1, -0.05) is 36.4 Å². The average molecular weight is 333 g/mol. The van der Waals surface area contributed by atoms with E-state index in [2.05, 4.69) is 15.5 Å². The van der Waals surface area contributed by atoms with Gasteiger partial charge in [0, 0.05) is 22.7 Å². The zero-order valence-electron chi connectivity index (χ0n) is 14.1. The minimum Gasteiger partial charge on any atom is -0.350 e. The molecule has 0 unspecified atom stereocenters. The molecule has 0 bridgehead atoms. The Morgan fingerprint density at radius 3 is 2.52 bits per heavy atom. The summed E-state index contributed by atoms with van der Waals surface area (Å²) in [7, 11) is 0. The minimum absolute atomic E-state index is 0.0856. The molecule has 126 valence electrons. The predicted octanol–water partition coefficient (Wildman–Crippen LogP) is 3.69. The molecule has 2 N–H and O–H groups in total. The van der Waals surface area contributed by atoms with Crippen LogP contribution >= 0.6 is 0 Å². The van der Waals surface area contributed by atoms with Crippen LogP contribution in [0, 0.1) is 0 Å². The Balaban J connectivity index is 1.86. The molecule has 3 rings (SSSR count). The summed E-state index contributed by atoms with van der Waals surface area (Å²) in [4.78, 5) is 22.9. The first-order valence-electron chi connectivity index (χ1n) is 8.09. The van der Waals surface area contributed by atoms with E-state index >= 15 is 0 Å². The van der Waals surface area contributed by atoms with Crippen molar-refractivity contribution < 1.29 is 9.59 Å². The number of nitrogens with one attached hydrogen (secondary N) is 2. The van der Waals surface area contributed by atoms with Crippen molar-refractivity contribution in [2.24, 2.45) is 0 Å². The van der Waals surface area contributed by atoms with Gasteiger partial charge in [-0.2, -0.15) is 5.10 Å². The number of hydrogen-bond acceptors (Lipinski definition) is 3. The summed E-state index contributed by atoms with van der Waals surface area (Å²) in [5.74, 6) is -0.0999. The van der Waals surface area contributed by atoms with E-state index in [-0.39, 0.29) is 11.9 Å². The van der Waals surface area contributed by atoms with Gasteiger partial charge >= 0.3 is 0 Å². The van der Waals surface area contributed by atoms with Crippen LogP contribution in [0.15, 0.2) is 54.6 Å². The highest BCUT2D eigenvalue weighted by molar-refractivity contribution is 5.95. The SMILES string of the molecule is CC(C)NC(=O)c1cccc(-c2cc(-c3ccc(C=O)cc3)[nH]n2)c1. The standard InChI is InChI=1S/C20H19N3O2/c1-13(2)21-20(25)17-5-3-4-16(10-17)19-11-18(22-23-19)15-8-6-14(12-24)7-9-15/h3-13H,1-2H3,(H,21,25)(H,22,23). The van der Waals surface area contributed by atoms with Crippen molar-refractivity contribution in [3.05, 3.63) is 65.7 Å². The highest BCUT2D eigenvalue weighted by atomic mass is 16.1. The fraction of sp³-hybridized carbons (Fsp3) is 0.150. The molecule has 1 heterocycles. The van der Waals surface area contributed by atoms with Gasteiger partial charge in [0.1, 0.15) is 6.29 Å². The molecule has 0 radical (unpaired) electrons. The summed E-state index contributed by atoms with van der Waals surface area (Å²) < 4.78 is 0. The van der Waals surface area contributed by atoms with E-state index < -0.39 is 0 Å². The molecule has 0 atom stereocenters. The molecule has 25 heavy (non-hydrogen) atoms. The number of benzene rings is 2. The van der Waals surface area contributed by atoms with Crippen LogP contribution in [0.5, 0.6) is 0 Å². The van der Waals surface area contributed by atoms with Crippen molar-refractivity contribution in [1.29, 1.82) is 0 Å². The molecule has 2 aromatic carbocycles. The number of carbonyl (C=O) groups is 2. The van der Waals surface area contributed by atoms with E-state index in [1.807, 2.05) is 50.2 Å². The number of aromatic nitrogens is 2. The van der Waals surface area contributed by atoms with Crippen LogP contribution in [0.2, 0.25) is 0 Å². The summed E-state index contributed by atoms with van der Waals surface area (Å²) in [5.41, 5.74) is 4.65. The van der Waals surface area contributed by atoms with Crippen molar-refractivity contribution in [2.75, 3.05) is 0 Å². The Labute approximate surface area is 146 Å². The molecule has 5 heteroatoms. The largest absolute Gasteiger partial charge is 0.350 e. The highest BCUT2D eigenvalue weighted by Crippen LogP contribution is 2.24. The molecule has 1 amide bonds. The van der Waals surface area contributed by atoms with Crippen LogP contribution in [0.3, 0.4) is 0 Å². The van der Waals surface area contributed by atoms with Crippen LogP contribution in [0.1, 0.15) is 34.6 Å². The van der Waals surface area contributed by atoms with Crippen molar-refractivity contribution in [3.63, 3.8) is 0 Å². The number of aldehydes is 1. The number of nitrogens with zero attached hydrogens (tertiary/aromatic N) is 1. The number of carbonyl (C=O) groups excluding carboxylic acids is 2. The first-order chi connectivity index (χ1) is 12.1. The zero-order valence-corrected chi connectivity index (χ0v) is 14.1. The van der Waals surface area contributed by atoms with Gasteiger partial charge in [-0.25, -0.2) is 0 Å². The quantitative estimate of drug-likeness (QED) is 0.699. The third-order valence-corrected chi connectivity index (χ3v) is 3.78. The summed E-state index contributed by atoms with van der Waals surface area (Å²) in [6, 6.07) is 16.7. The van der Waals surface area contributed by atoms with Gasteiger partial charge in [0.15, 0.2) is 0 Å². The first-order valence-corrected chi connectivity index (χ1v) is 8.09. The molecule has 5 nitrogen and oxygen atoms in total. The Kier molecular flexibility index (Phi) is 4.75. The van der Waals surface area contributed by atoms with Gasteiger partial charge in [-0.15, -0.1) is 0 Å². The van der Waals surface area contributed by atoms with Crippen LogP contribution < -0.4 is 5.32 Å². The van der Waals surface area contributed by atoms with Gasteiger partial charge in [0.2, 0.25) is 0 Å². The Morgan fingerprint density at radius 2 is 1.84 bits per heavy atom. The molecule has 0 saturated carbocycles. The minimum atomic E-state index is -0.0999. The van der Waals surface area contributed by atoms with Gasteiger partial charge < -0.3 is 5.32 Å². The molecular formula is C20H19N3O2. The van der Waals surface area contributed by atoms with Crippen molar-refractivity contribution >= 4 is 12.2 Å². The second kappa shape index (κ2) is 7.13. The van der Waals surface area contributed by atoms with E-state index in [1.54, 1.807) is 18.2 Å². The number of amides is 1. The lowest BCUT2D eigenvalue weighted by molar-refractivity contribution is 0.0943. The third kappa shape index (κ3) is 3.83. The number of rotatable bonds is 5. The van der Waals surface area contributed by atoms with Crippen LogP contribution in [-0.4, -0.2) is 28.4 Å². The number of aromatic amines is 1. The van der Waals surface area contributed by atoms with E-state index in [9.17, 15) is 9.59 Å². The van der Waals surface area contributed by atoms with Gasteiger partial charge in [-0.05, 0) is 37.6 Å². The zero-order chi connectivity index (χ0) is 17.8. The fourth-order valence-corrected chi connectivity index (χ4v) is 2.52. The predicted molar refractivity (Wildman–Crippen MR) is 97.4 cm³/mol. The lowest BCUT2D eigenvalue weighted by atomic mass is 10.1. The van der Waals surface area contributed by atoms with Crippen LogP contribution in [0.25, 0.3) is 22.5 Å². The molecule has 0 fully saturated rings. The maximum atomic E-state index is 12.2. The number of hydrogen-bond donors (Lipinski definition) is 2. The molecular weight excluding hydrogens is 314 g/mol. The topological polar surface area (TPSA) is 74.8 Å². The lowest BCUT2D eigenvalue weighted by Gasteiger charge is -2.08. The number of H-pyrrole nitrogens is 1. The van der Waals surface area contributed by atoms with Crippen molar-refractivity contribution in [2.45, 2.75) is 19.9 Å². The molecule has 0 aliphatic rings.